The number of aliphatic carboxylic acids is 1. The summed E-state index contributed by atoms with van der Waals surface area (Å²) in [4.78, 5) is 10.5. The predicted octanol–water partition coefficient (Wildman–Crippen LogP) is 0.966. The van der Waals surface area contributed by atoms with Crippen LogP contribution >= 0.6 is 15.9 Å². The topological polar surface area (TPSA) is 81.1 Å². The standard InChI is InChI=1S/C8H12BrN3O2/c1-4-7(9)8(12(2)11-4)5(10)3-6(13)14/h5H,3,10H2,1-2H3,(H,13,14). The van der Waals surface area contributed by atoms with E-state index >= 15 is 0 Å². The third kappa shape index (κ3) is 2.13. The van der Waals surface area contributed by atoms with Gasteiger partial charge in [-0.3, -0.25) is 9.48 Å². The van der Waals surface area contributed by atoms with Crippen molar-refractivity contribution in [3.05, 3.63) is 15.9 Å². The lowest BCUT2D eigenvalue weighted by molar-refractivity contribution is -0.137. The van der Waals surface area contributed by atoms with Gasteiger partial charge in [0.1, 0.15) is 0 Å². The van der Waals surface area contributed by atoms with Crippen molar-refractivity contribution >= 4 is 21.9 Å². The molecule has 14 heavy (non-hydrogen) atoms. The molecule has 1 heterocycles. The number of halogens is 1. The van der Waals surface area contributed by atoms with E-state index in [-0.39, 0.29) is 6.42 Å². The maximum absolute atomic E-state index is 10.5. The molecule has 1 atom stereocenters. The summed E-state index contributed by atoms with van der Waals surface area (Å²) >= 11 is 3.34. The van der Waals surface area contributed by atoms with Gasteiger partial charge >= 0.3 is 5.97 Å². The Balaban J connectivity index is 2.99. The van der Waals surface area contributed by atoms with Gasteiger partial charge in [0, 0.05) is 7.05 Å². The van der Waals surface area contributed by atoms with Gasteiger partial charge in [0.15, 0.2) is 0 Å². The van der Waals surface area contributed by atoms with Crippen molar-refractivity contribution in [2.45, 2.75) is 19.4 Å². The number of carboxylic acids is 1. The van der Waals surface area contributed by atoms with E-state index in [1.165, 1.54) is 0 Å². The van der Waals surface area contributed by atoms with Crippen LogP contribution in [0.25, 0.3) is 0 Å². The molecule has 0 amide bonds. The van der Waals surface area contributed by atoms with Crippen LogP contribution in [0.4, 0.5) is 0 Å². The highest BCUT2D eigenvalue weighted by atomic mass is 79.9. The van der Waals surface area contributed by atoms with Gasteiger partial charge < -0.3 is 10.8 Å². The summed E-state index contributed by atoms with van der Waals surface area (Å²) in [5.41, 5.74) is 7.26. The SMILES string of the molecule is Cc1nn(C)c(C(N)CC(=O)O)c1Br. The Morgan fingerprint density at radius 2 is 2.36 bits per heavy atom. The van der Waals surface area contributed by atoms with Gasteiger partial charge in [-0.15, -0.1) is 0 Å². The van der Waals surface area contributed by atoms with Crippen LogP contribution < -0.4 is 5.73 Å². The summed E-state index contributed by atoms with van der Waals surface area (Å²) in [6.45, 7) is 1.83. The number of rotatable bonds is 3. The highest BCUT2D eigenvalue weighted by molar-refractivity contribution is 9.10. The lowest BCUT2D eigenvalue weighted by atomic mass is 10.1. The number of aryl methyl sites for hydroxylation is 2. The summed E-state index contributed by atoms with van der Waals surface area (Å²) in [6.07, 6.45) is -0.0996. The van der Waals surface area contributed by atoms with Crippen LogP contribution in [0.5, 0.6) is 0 Å². The number of carbonyl (C=O) groups is 1. The zero-order valence-corrected chi connectivity index (χ0v) is 9.58. The van der Waals surface area contributed by atoms with Crippen molar-refractivity contribution in [2.75, 3.05) is 0 Å². The number of aromatic nitrogens is 2. The van der Waals surface area contributed by atoms with E-state index in [2.05, 4.69) is 21.0 Å². The fourth-order valence-electron chi connectivity index (χ4n) is 1.34. The molecule has 0 aliphatic heterocycles. The minimum Gasteiger partial charge on any atom is -0.481 e. The van der Waals surface area contributed by atoms with Gasteiger partial charge in [-0.05, 0) is 22.9 Å². The van der Waals surface area contributed by atoms with Crippen LogP contribution in [-0.2, 0) is 11.8 Å². The zero-order chi connectivity index (χ0) is 10.9. The molecule has 0 bridgehead atoms. The first-order chi connectivity index (χ1) is 6.43. The van der Waals surface area contributed by atoms with Crippen molar-refractivity contribution in [1.82, 2.24) is 9.78 Å². The fourth-order valence-corrected chi connectivity index (χ4v) is 1.97. The third-order valence-corrected chi connectivity index (χ3v) is 2.92. The normalized spacial score (nSPS) is 12.9. The first-order valence-corrected chi connectivity index (χ1v) is 4.89. The van der Waals surface area contributed by atoms with Crippen molar-refractivity contribution in [3.63, 3.8) is 0 Å². The Morgan fingerprint density at radius 1 is 1.79 bits per heavy atom. The predicted molar refractivity (Wildman–Crippen MR) is 54.8 cm³/mol. The second-order valence-electron chi connectivity index (χ2n) is 3.11. The van der Waals surface area contributed by atoms with Crippen molar-refractivity contribution in [2.24, 2.45) is 12.8 Å². The Morgan fingerprint density at radius 3 is 2.71 bits per heavy atom. The second-order valence-corrected chi connectivity index (χ2v) is 3.91. The molecule has 3 N–H and O–H groups in total. The van der Waals surface area contributed by atoms with E-state index in [1.807, 2.05) is 6.92 Å². The lowest BCUT2D eigenvalue weighted by Gasteiger charge is -2.09. The maximum Gasteiger partial charge on any atom is 0.305 e. The van der Waals surface area contributed by atoms with E-state index in [0.29, 0.717) is 5.69 Å². The van der Waals surface area contributed by atoms with Crippen LogP contribution in [0.1, 0.15) is 23.9 Å². The van der Waals surface area contributed by atoms with Gasteiger partial charge in [-0.25, -0.2) is 0 Å². The van der Waals surface area contributed by atoms with Crippen LogP contribution in [0.15, 0.2) is 4.47 Å². The molecule has 5 nitrogen and oxygen atoms in total. The molecule has 0 fully saturated rings. The van der Waals surface area contributed by atoms with E-state index in [1.54, 1.807) is 11.7 Å². The summed E-state index contributed by atoms with van der Waals surface area (Å²) < 4.78 is 2.39. The first kappa shape index (κ1) is 11.2. The van der Waals surface area contributed by atoms with Gasteiger partial charge in [0.05, 0.1) is 28.3 Å². The average molecular weight is 262 g/mol. The zero-order valence-electron chi connectivity index (χ0n) is 7.99. The molecule has 0 aliphatic carbocycles. The summed E-state index contributed by atoms with van der Waals surface area (Å²) in [5.74, 6) is -0.914. The largest absolute Gasteiger partial charge is 0.481 e. The van der Waals surface area contributed by atoms with E-state index in [4.69, 9.17) is 10.8 Å². The highest BCUT2D eigenvalue weighted by Crippen LogP contribution is 2.26. The van der Waals surface area contributed by atoms with Gasteiger partial charge in [0.2, 0.25) is 0 Å². The van der Waals surface area contributed by atoms with Gasteiger partial charge in [-0.2, -0.15) is 5.10 Å². The van der Waals surface area contributed by atoms with Crippen molar-refractivity contribution in [3.8, 4) is 0 Å². The van der Waals surface area contributed by atoms with Crippen LogP contribution in [0.2, 0.25) is 0 Å². The molecular formula is C8H12BrN3O2. The quantitative estimate of drug-likeness (QED) is 0.850. The van der Waals surface area contributed by atoms with Crippen LogP contribution in [-0.4, -0.2) is 20.9 Å². The Hall–Kier alpha value is -0.880. The maximum atomic E-state index is 10.5. The number of hydrogen-bond acceptors (Lipinski definition) is 3. The molecule has 1 aromatic rings. The molecule has 0 aromatic carbocycles. The Labute approximate surface area is 90.0 Å². The summed E-state index contributed by atoms with van der Waals surface area (Å²) in [6, 6.07) is -0.534. The molecule has 0 saturated carbocycles. The molecule has 6 heteroatoms. The smallest absolute Gasteiger partial charge is 0.305 e. The van der Waals surface area contributed by atoms with E-state index in [9.17, 15) is 4.79 Å². The molecule has 0 saturated heterocycles. The average Bonchev–Trinajstić information content (AvgIpc) is 2.25. The number of nitrogens with zero attached hydrogens (tertiary/aromatic N) is 2. The van der Waals surface area contributed by atoms with Crippen molar-refractivity contribution < 1.29 is 9.90 Å². The Kier molecular flexibility index (Phi) is 3.28. The molecule has 78 valence electrons. The lowest BCUT2D eigenvalue weighted by Crippen LogP contribution is -2.18. The van der Waals surface area contributed by atoms with E-state index < -0.39 is 12.0 Å². The number of hydrogen-bond donors (Lipinski definition) is 2. The number of nitrogens with two attached hydrogens (primary N) is 1. The summed E-state index contributed by atoms with van der Waals surface area (Å²) in [7, 11) is 1.74. The molecule has 1 aromatic heterocycles. The van der Waals surface area contributed by atoms with Crippen LogP contribution in [0, 0.1) is 6.92 Å². The second kappa shape index (κ2) is 4.10. The van der Waals surface area contributed by atoms with Crippen LogP contribution in [0.3, 0.4) is 0 Å². The number of carboxylic acid groups (broad SMARTS) is 1. The first-order valence-electron chi connectivity index (χ1n) is 4.09. The van der Waals surface area contributed by atoms with E-state index in [0.717, 1.165) is 10.2 Å². The minimum atomic E-state index is -0.914. The molecule has 1 unspecified atom stereocenters. The molecule has 0 radical (unpaired) electrons. The molecule has 0 aliphatic rings. The minimum absolute atomic E-state index is 0.0996. The highest BCUT2D eigenvalue weighted by Gasteiger charge is 2.19. The Bertz CT molecular complexity index is 362. The van der Waals surface area contributed by atoms with Crippen molar-refractivity contribution in [1.29, 1.82) is 0 Å². The summed E-state index contributed by atoms with van der Waals surface area (Å²) in [5, 5.41) is 12.7. The molecule has 1 rings (SSSR count). The fraction of sp³-hybridized carbons (Fsp3) is 0.500. The third-order valence-electron chi connectivity index (χ3n) is 1.94. The molecular weight excluding hydrogens is 250 g/mol. The van der Waals surface area contributed by atoms with Gasteiger partial charge in [-0.1, -0.05) is 0 Å². The molecule has 0 spiro atoms. The van der Waals surface area contributed by atoms with Gasteiger partial charge in [0.25, 0.3) is 0 Å². The monoisotopic (exact) mass is 261 g/mol.